The van der Waals surface area contributed by atoms with Crippen LogP contribution in [-0.2, 0) is 6.54 Å². The SMILES string of the molecule is CNC(=O)c1ccn(Cc2ccc(C(=O)O)o2)n1. The molecular formula is C11H11N3O4. The molecule has 0 atom stereocenters. The van der Waals surface area contributed by atoms with Gasteiger partial charge in [-0.2, -0.15) is 5.10 Å². The van der Waals surface area contributed by atoms with Crippen LogP contribution in [0.2, 0.25) is 0 Å². The summed E-state index contributed by atoms with van der Waals surface area (Å²) in [6.45, 7) is 0.268. The van der Waals surface area contributed by atoms with Crippen molar-refractivity contribution in [1.29, 1.82) is 0 Å². The molecule has 94 valence electrons. The third-order valence-electron chi connectivity index (χ3n) is 2.29. The summed E-state index contributed by atoms with van der Waals surface area (Å²) in [6, 6.07) is 4.51. The first-order valence-electron chi connectivity index (χ1n) is 5.17. The van der Waals surface area contributed by atoms with Crippen LogP contribution in [0.3, 0.4) is 0 Å². The number of carbonyl (C=O) groups is 2. The molecule has 2 rings (SSSR count). The van der Waals surface area contributed by atoms with E-state index in [0.717, 1.165) is 0 Å². The van der Waals surface area contributed by atoms with Crippen molar-refractivity contribution in [2.24, 2.45) is 0 Å². The van der Waals surface area contributed by atoms with Gasteiger partial charge in [0.1, 0.15) is 11.5 Å². The summed E-state index contributed by atoms with van der Waals surface area (Å²) in [6.07, 6.45) is 1.62. The Morgan fingerprint density at radius 3 is 2.83 bits per heavy atom. The molecule has 7 heteroatoms. The minimum absolute atomic E-state index is 0.122. The van der Waals surface area contributed by atoms with Gasteiger partial charge in [-0.05, 0) is 18.2 Å². The number of nitrogens with one attached hydrogen (secondary N) is 1. The highest BCUT2D eigenvalue weighted by Gasteiger charge is 2.11. The van der Waals surface area contributed by atoms with Crippen LogP contribution in [0.25, 0.3) is 0 Å². The Morgan fingerprint density at radius 2 is 2.22 bits per heavy atom. The van der Waals surface area contributed by atoms with Gasteiger partial charge in [0.15, 0.2) is 0 Å². The van der Waals surface area contributed by atoms with Crippen molar-refractivity contribution in [3.8, 4) is 0 Å². The number of hydrogen-bond acceptors (Lipinski definition) is 4. The van der Waals surface area contributed by atoms with Crippen molar-refractivity contribution in [3.63, 3.8) is 0 Å². The molecule has 1 amide bonds. The predicted molar refractivity (Wildman–Crippen MR) is 60.4 cm³/mol. The quantitative estimate of drug-likeness (QED) is 0.826. The van der Waals surface area contributed by atoms with E-state index in [9.17, 15) is 9.59 Å². The van der Waals surface area contributed by atoms with Gasteiger partial charge in [-0.15, -0.1) is 0 Å². The van der Waals surface area contributed by atoms with Crippen molar-refractivity contribution in [1.82, 2.24) is 15.1 Å². The number of carboxylic acids is 1. The minimum atomic E-state index is -1.12. The monoisotopic (exact) mass is 249 g/mol. The van der Waals surface area contributed by atoms with E-state index in [4.69, 9.17) is 9.52 Å². The number of amides is 1. The van der Waals surface area contributed by atoms with Crippen LogP contribution < -0.4 is 5.32 Å². The van der Waals surface area contributed by atoms with E-state index in [-0.39, 0.29) is 18.2 Å². The summed E-state index contributed by atoms with van der Waals surface area (Å²) in [4.78, 5) is 21.9. The molecule has 0 saturated heterocycles. The summed E-state index contributed by atoms with van der Waals surface area (Å²) < 4.78 is 6.58. The molecule has 2 aromatic rings. The molecule has 18 heavy (non-hydrogen) atoms. The number of carboxylic acid groups (broad SMARTS) is 1. The molecule has 0 fully saturated rings. The van der Waals surface area contributed by atoms with Gasteiger partial charge in [0, 0.05) is 13.2 Å². The Labute approximate surface area is 102 Å². The van der Waals surface area contributed by atoms with Gasteiger partial charge in [0.2, 0.25) is 5.76 Å². The van der Waals surface area contributed by atoms with Crippen LogP contribution in [-0.4, -0.2) is 33.8 Å². The summed E-state index contributed by atoms with van der Waals surface area (Å²) >= 11 is 0. The molecule has 0 radical (unpaired) electrons. The molecule has 0 saturated carbocycles. The summed E-state index contributed by atoms with van der Waals surface area (Å²) in [5.74, 6) is -1.06. The number of aromatic carboxylic acids is 1. The normalized spacial score (nSPS) is 10.3. The minimum Gasteiger partial charge on any atom is -0.475 e. The zero-order chi connectivity index (χ0) is 13.1. The molecule has 2 aromatic heterocycles. The number of furan rings is 1. The highest BCUT2D eigenvalue weighted by molar-refractivity contribution is 5.91. The second kappa shape index (κ2) is 4.74. The number of carbonyl (C=O) groups excluding carboxylic acids is 1. The topological polar surface area (TPSA) is 97.4 Å². The molecule has 0 bridgehead atoms. The average molecular weight is 249 g/mol. The summed E-state index contributed by atoms with van der Waals surface area (Å²) in [7, 11) is 1.52. The molecule has 0 unspecified atom stereocenters. The van der Waals surface area contributed by atoms with Gasteiger partial charge in [-0.1, -0.05) is 0 Å². The largest absolute Gasteiger partial charge is 0.475 e. The highest BCUT2D eigenvalue weighted by Crippen LogP contribution is 2.09. The van der Waals surface area contributed by atoms with Gasteiger partial charge in [0.05, 0.1) is 6.54 Å². The average Bonchev–Trinajstić information content (AvgIpc) is 2.98. The third kappa shape index (κ3) is 2.40. The smallest absolute Gasteiger partial charge is 0.371 e. The molecule has 0 aromatic carbocycles. The first kappa shape index (κ1) is 11.9. The van der Waals surface area contributed by atoms with Gasteiger partial charge in [0.25, 0.3) is 5.91 Å². The summed E-state index contributed by atoms with van der Waals surface area (Å²) in [5, 5.41) is 15.2. The van der Waals surface area contributed by atoms with Crippen LogP contribution in [0.5, 0.6) is 0 Å². The third-order valence-corrected chi connectivity index (χ3v) is 2.29. The lowest BCUT2D eigenvalue weighted by atomic mass is 10.4. The molecule has 2 N–H and O–H groups in total. The predicted octanol–water partition coefficient (Wildman–Crippen LogP) is 0.582. The molecule has 0 aliphatic rings. The fourth-order valence-corrected chi connectivity index (χ4v) is 1.44. The van der Waals surface area contributed by atoms with E-state index < -0.39 is 5.97 Å². The van der Waals surface area contributed by atoms with E-state index in [1.807, 2.05) is 0 Å². The van der Waals surface area contributed by atoms with E-state index >= 15 is 0 Å². The fourth-order valence-electron chi connectivity index (χ4n) is 1.44. The Hall–Kier alpha value is -2.57. The number of aromatic nitrogens is 2. The first-order valence-corrected chi connectivity index (χ1v) is 5.17. The Morgan fingerprint density at radius 1 is 1.44 bits per heavy atom. The van der Waals surface area contributed by atoms with Crippen LogP contribution in [0.1, 0.15) is 26.8 Å². The van der Waals surface area contributed by atoms with Crippen LogP contribution in [0.4, 0.5) is 0 Å². The molecule has 0 aliphatic heterocycles. The molecule has 2 heterocycles. The summed E-state index contributed by atoms with van der Waals surface area (Å²) in [5.41, 5.74) is 0.294. The Kier molecular flexibility index (Phi) is 3.13. The van der Waals surface area contributed by atoms with Crippen molar-refractivity contribution in [2.75, 3.05) is 7.05 Å². The number of rotatable bonds is 4. The van der Waals surface area contributed by atoms with Crippen molar-refractivity contribution in [3.05, 3.63) is 41.6 Å². The fraction of sp³-hybridized carbons (Fsp3) is 0.182. The first-order chi connectivity index (χ1) is 8.60. The maximum absolute atomic E-state index is 11.3. The van der Waals surface area contributed by atoms with Gasteiger partial charge in [-0.25, -0.2) is 4.79 Å². The Bertz CT molecular complexity index is 585. The second-order valence-electron chi connectivity index (χ2n) is 3.55. The lowest BCUT2D eigenvalue weighted by Gasteiger charge is -1.97. The lowest BCUT2D eigenvalue weighted by molar-refractivity contribution is 0.0660. The van der Waals surface area contributed by atoms with Crippen LogP contribution in [0.15, 0.2) is 28.8 Å². The van der Waals surface area contributed by atoms with E-state index in [1.54, 1.807) is 18.3 Å². The van der Waals surface area contributed by atoms with Crippen molar-refractivity contribution in [2.45, 2.75) is 6.54 Å². The standard InChI is InChI=1S/C11H11N3O4/c1-12-10(15)8-4-5-14(13-8)6-7-2-3-9(18-7)11(16)17/h2-5H,6H2,1H3,(H,12,15)(H,16,17). The number of nitrogens with zero attached hydrogens (tertiary/aromatic N) is 2. The zero-order valence-corrected chi connectivity index (χ0v) is 9.58. The van der Waals surface area contributed by atoms with Gasteiger partial charge >= 0.3 is 5.97 Å². The molecule has 0 aliphatic carbocycles. The number of hydrogen-bond donors (Lipinski definition) is 2. The van der Waals surface area contributed by atoms with Gasteiger partial charge < -0.3 is 14.8 Å². The van der Waals surface area contributed by atoms with Crippen molar-refractivity contribution >= 4 is 11.9 Å². The molecule has 7 nitrogen and oxygen atoms in total. The highest BCUT2D eigenvalue weighted by atomic mass is 16.4. The van der Waals surface area contributed by atoms with Gasteiger partial charge in [-0.3, -0.25) is 9.48 Å². The Balaban J connectivity index is 2.11. The zero-order valence-electron chi connectivity index (χ0n) is 9.58. The molecule has 0 spiro atoms. The van der Waals surface area contributed by atoms with Crippen LogP contribution in [0, 0.1) is 0 Å². The maximum Gasteiger partial charge on any atom is 0.371 e. The van der Waals surface area contributed by atoms with E-state index in [0.29, 0.717) is 11.5 Å². The van der Waals surface area contributed by atoms with E-state index in [2.05, 4.69) is 10.4 Å². The van der Waals surface area contributed by atoms with E-state index in [1.165, 1.54) is 17.8 Å². The van der Waals surface area contributed by atoms with Crippen LogP contribution >= 0.6 is 0 Å². The lowest BCUT2D eigenvalue weighted by Crippen LogP contribution is -2.18. The second-order valence-corrected chi connectivity index (χ2v) is 3.55. The maximum atomic E-state index is 11.3. The molecular weight excluding hydrogens is 238 g/mol. The van der Waals surface area contributed by atoms with Crippen molar-refractivity contribution < 1.29 is 19.1 Å².